The third-order valence-electron chi connectivity index (χ3n) is 5.90. The first-order valence-electron chi connectivity index (χ1n) is 10.2. The Hall–Kier alpha value is -2.41. The number of amides is 2. The minimum absolute atomic E-state index is 0. The molecule has 8 heteroatoms. The van der Waals surface area contributed by atoms with Crippen molar-refractivity contribution in [2.24, 2.45) is 4.99 Å². The van der Waals surface area contributed by atoms with E-state index in [0.717, 1.165) is 42.2 Å². The first kappa shape index (κ1) is 19.9. The van der Waals surface area contributed by atoms with Crippen molar-refractivity contribution in [3.63, 3.8) is 0 Å². The summed E-state index contributed by atoms with van der Waals surface area (Å²) in [5.41, 5.74) is 1.75. The molecule has 1 aliphatic carbocycles. The number of anilines is 1. The number of nitrogens with one attached hydrogen (secondary N) is 1. The summed E-state index contributed by atoms with van der Waals surface area (Å²) in [5, 5.41) is 0. The number of hydrogen-bond donors (Lipinski definition) is 1. The van der Waals surface area contributed by atoms with Crippen molar-refractivity contribution in [3.05, 3.63) is 47.2 Å². The van der Waals surface area contributed by atoms with Crippen LogP contribution < -0.4 is 4.90 Å². The van der Waals surface area contributed by atoms with Gasteiger partial charge >= 0.3 is 6.03 Å². The fraction of sp³-hybridized carbons (Fsp3) is 0.476. The highest BCUT2D eigenvalue weighted by Crippen LogP contribution is 2.38. The standard InChI is InChI=1S/C21H24FN5O.ClH/c1-2-9-26-20-17(24-18(25-20)14-6-4-7-14)19-23-16(12-27(19)21(26)28)11-13-5-3-8-15(22)10-13;/h3,5,8,10,14,16H,2,4,6-7,9,11-12H2,1H3,(H,24,25);1H. The van der Waals surface area contributed by atoms with Crippen LogP contribution in [0, 0.1) is 5.82 Å². The van der Waals surface area contributed by atoms with E-state index in [4.69, 9.17) is 9.98 Å². The highest BCUT2D eigenvalue weighted by atomic mass is 35.5. The summed E-state index contributed by atoms with van der Waals surface area (Å²) >= 11 is 0. The van der Waals surface area contributed by atoms with Gasteiger partial charge in [0.2, 0.25) is 0 Å². The number of nitrogens with zero attached hydrogens (tertiary/aromatic N) is 4. The average Bonchev–Trinajstić information content (AvgIpc) is 3.22. The van der Waals surface area contributed by atoms with Gasteiger partial charge in [-0.1, -0.05) is 25.5 Å². The lowest BCUT2D eigenvalue weighted by molar-refractivity contribution is 0.226. The van der Waals surface area contributed by atoms with Crippen molar-refractivity contribution in [2.45, 2.75) is 51.0 Å². The molecule has 0 bridgehead atoms. The van der Waals surface area contributed by atoms with Gasteiger partial charge in [0.25, 0.3) is 0 Å². The number of amidine groups is 1. The molecule has 6 nitrogen and oxygen atoms in total. The molecule has 5 rings (SSSR count). The van der Waals surface area contributed by atoms with Crippen molar-refractivity contribution in [2.75, 3.05) is 18.0 Å². The summed E-state index contributed by atoms with van der Waals surface area (Å²) in [6.07, 6.45) is 5.00. The Labute approximate surface area is 175 Å². The zero-order valence-electron chi connectivity index (χ0n) is 16.4. The van der Waals surface area contributed by atoms with Crippen molar-refractivity contribution in [1.29, 1.82) is 0 Å². The van der Waals surface area contributed by atoms with Gasteiger partial charge < -0.3 is 4.98 Å². The molecule has 2 amide bonds. The molecule has 3 heterocycles. The Balaban J connectivity index is 0.00000205. The first-order chi connectivity index (χ1) is 13.6. The molecule has 0 saturated heterocycles. The van der Waals surface area contributed by atoms with Gasteiger partial charge in [-0.2, -0.15) is 0 Å². The van der Waals surface area contributed by atoms with Crippen molar-refractivity contribution in [3.8, 4) is 0 Å². The number of carbonyl (C=O) groups excluding carboxylic acids is 1. The summed E-state index contributed by atoms with van der Waals surface area (Å²) in [6, 6.07) is 6.47. The number of aliphatic imine (C=N–C) groups is 1. The molecule has 0 radical (unpaired) electrons. The summed E-state index contributed by atoms with van der Waals surface area (Å²) < 4.78 is 13.5. The van der Waals surface area contributed by atoms with E-state index in [1.54, 1.807) is 21.9 Å². The number of fused-ring (bicyclic) bond motifs is 3. The largest absolute Gasteiger partial charge is 0.337 e. The Morgan fingerprint density at radius 2 is 2.14 bits per heavy atom. The zero-order chi connectivity index (χ0) is 19.3. The van der Waals surface area contributed by atoms with E-state index in [1.807, 2.05) is 6.07 Å². The molecule has 1 aromatic heterocycles. The number of hydrogen-bond acceptors (Lipinski definition) is 3. The molecule has 29 heavy (non-hydrogen) atoms. The smallest absolute Gasteiger partial charge is 0.331 e. The van der Waals surface area contributed by atoms with Crippen LogP contribution in [-0.4, -0.2) is 45.9 Å². The van der Waals surface area contributed by atoms with Gasteiger partial charge in [-0.05, 0) is 43.4 Å². The summed E-state index contributed by atoms with van der Waals surface area (Å²) in [7, 11) is 0. The molecule has 2 aromatic rings. The van der Waals surface area contributed by atoms with Crippen LogP contribution in [0.4, 0.5) is 15.0 Å². The molecule has 1 saturated carbocycles. The highest BCUT2D eigenvalue weighted by Gasteiger charge is 2.43. The molecule has 1 unspecified atom stereocenters. The first-order valence-corrected chi connectivity index (χ1v) is 10.2. The van der Waals surface area contributed by atoms with E-state index in [2.05, 4.69) is 11.9 Å². The molecular formula is C21H25ClFN5O. The Morgan fingerprint density at radius 1 is 1.31 bits per heavy atom. The van der Waals surface area contributed by atoms with Crippen molar-refractivity contribution in [1.82, 2.24) is 14.9 Å². The van der Waals surface area contributed by atoms with Gasteiger partial charge in [0.15, 0.2) is 11.7 Å². The second kappa shape index (κ2) is 7.78. The van der Waals surface area contributed by atoms with Crippen LogP contribution in [0.3, 0.4) is 0 Å². The highest BCUT2D eigenvalue weighted by molar-refractivity contribution is 6.18. The topological polar surface area (TPSA) is 64.6 Å². The van der Waals surface area contributed by atoms with Crippen LogP contribution in [-0.2, 0) is 6.42 Å². The van der Waals surface area contributed by atoms with Gasteiger partial charge in [-0.3, -0.25) is 14.8 Å². The van der Waals surface area contributed by atoms with Gasteiger partial charge in [0.05, 0.1) is 12.6 Å². The number of H-pyrrole nitrogens is 1. The van der Waals surface area contributed by atoms with Crippen LogP contribution in [0.15, 0.2) is 29.3 Å². The molecule has 0 spiro atoms. The van der Waals surface area contributed by atoms with E-state index in [9.17, 15) is 9.18 Å². The molecular weight excluding hydrogens is 393 g/mol. The predicted octanol–water partition coefficient (Wildman–Crippen LogP) is 4.26. The number of halogens is 2. The lowest BCUT2D eigenvalue weighted by Crippen LogP contribution is -2.50. The molecule has 1 atom stereocenters. The molecule has 2 aliphatic heterocycles. The number of carbonyl (C=O) groups is 1. The van der Waals surface area contributed by atoms with E-state index in [1.165, 1.54) is 12.5 Å². The maximum atomic E-state index is 13.5. The van der Waals surface area contributed by atoms with Crippen molar-refractivity contribution >= 4 is 30.1 Å². The number of urea groups is 1. The number of imidazole rings is 1. The molecule has 154 valence electrons. The zero-order valence-corrected chi connectivity index (χ0v) is 17.2. The maximum Gasteiger partial charge on any atom is 0.331 e. The van der Waals surface area contributed by atoms with Crippen LogP contribution in [0.25, 0.3) is 0 Å². The third kappa shape index (κ3) is 3.41. The quantitative estimate of drug-likeness (QED) is 0.789. The molecule has 1 fully saturated rings. The molecule has 3 aliphatic rings. The fourth-order valence-electron chi connectivity index (χ4n) is 4.26. The van der Waals surface area contributed by atoms with Gasteiger partial charge in [0, 0.05) is 12.5 Å². The van der Waals surface area contributed by atoms with Gasteiger partial charge in [-0.15, -0.1) is 12.4 Å². The average molecular weight is 418 g/mol. The minimum atomic E-state index is -0.243. The summed E-state index contributed by atoms with van der Waals surface area (Å²) in [5.74, 6) is 2.60. The fourth-order valence-corrected chi connectivity index (χ4v) is 4.26. The Bertz CT molecular complexity index is 954. The van der Waals surface area contributed by atoms with E-state index < -0.39 is 0 Å². The van der Waals surface area contributed by atoms with Gasteiger partial charge in [0.1, 0.15) is 17.3 Å². The van der Waals surface area contributed by atoms with E-state index in [0.29, 0.717) is 31.3 Å². The summed E-state index contributed by atoms with van der Waals surface area (Å²) in [6.45, 7) is 3.22. The van der Waals surface area contributed by atoms with Gasteiger partial charge in [-0.25, -0.2) is 14.2 Å². The lowest BCUT2D eigenvalue weighted by atomic mass is 9.85. The van der Waals surface area contributed by atoms with Crippen LogP contribution in [0.2, 0.25) is 0 Å². The second-order valence-electron chi connectivity index (χ2n) is 7.93. The second-order valence-corrected chi connectivity index (χ2v) is 7.93. The third-order valence-corrected chi connectivity index (χ3v) is 5.90. The molecule has 1 aromatic carbocycles. The summed E-state index contributed by atoms with van der Waals surface area (Å²) in [4.78, 5) is 29.8. The lowest BCUT2D eigenvalue weighted by Gasteiger charge is -2.32. The molecule has 1 N–H and O–H groups in total. The number of aromatic nitrogens is 2. The Morgan fingerprint density at radius 3 is 2.83 bits per heavy atom. The number of rotatable bonds is 5. The van der Waals surface area contributed by atoms with E-state index in [-0.39, 0.29) is 30.3 Å². The number of aromatic amines is 1. The minimum Gasteiger partial charge on any atom is -0.337 e. The SMILES string of the molecule is CCCN1C(=O)N2CC(Cc3cccc(F)c3)N=C2c2[nH]c(C3CCC3)nc21.Cl. The van der Waals surface area contributed by atoms with Crippen LogP contribution >= 0.6 is 12.4 Å². The Kier molecular flexibility index (Phi) is 5.34. The monoisotopic (exact) mass is 417 g/mol. The number of benzene rings is 1. The predicted molar refractivity (Wildman–Crippen MR) is 113 cm³/mol. The van der Waals surface area contributed by atoms with Crippen molar-refractivity contribution < 1.29 is 9.18 Å². The van der Waals surface area contributed by atoms with Crippen LogP contribution in [0.5, 0.6) is 0 Å². The van der Waals surface area contributed by atoms with Crippen LogP contribution in [0.1, 0.15) is 55.6 Å². The van der Waals surface area contributed by atoms with E-state index >= 15 is 0 Å². The maximum absolute atomic E-state index is 13.5. The normalized spacial score (nSPS) is 20.7.